The van der Waals surface area contributed by atoms with Gasteiger partial charge in [0.15, 0.2) is 11.2 Å². The minimum Gasteiger partial charge on any atom is -0.332 e. The topological polar surface area (TPSA) is 95.0 Å². The molecule has 0 saturated heterocycles. The molecule has 0 spiro atoms. The third-order valence-corrected chi connectivity index (χ3v) is 5.75. The van der Waals surface area contributed by atoms with Gasteiger partial charge in [0.25, 0.3) is 5.56 Å². The van der Waals surface area contributed by atoms with Gasteiger partial charge < -0.3 is 9.47 Å². The molecule has 3 aromatic heterocycles. The van der Waals surface area contributed by atoms with E-state index in [1.165, 1.54) is 16.5 Å². The van der Waals surface area contributed by atoms with Crippen molar-refractivity contribution in [1.82, 2.24) is 28.6 Å². The van der Waals surface area contributed by atoms with Crippen LogP contribution in [0.15, 0.2) is 64.7 Å². The monoisotopic (exact) mass is 446 g/mol. The highest BCUT2D eigenvalue weighted by Gasteiger charge is 2.21. The molecule has 33 heavy (non-hydrogen) atoms. The van der Waals surface area contributed by atoms with Gasteiger partial charge in [-0.3, -0.25) is 19.1 Å². The Bertz CT molecular complexity index is 1400. The van der Waals surface area contributed by atoms with Crippen molar-refractivity contribution in [3.05, 3.63) is 92.6 Å². The van der Waals surface area contributed by atoms with Crippen LogP contribution in [0.5, 0.6) is 0 Å². The van der Waals surface area contributed by atoms with Crippen LogP contribution in [0.4, 0.5) is 0 Å². The molecule has 1 amide bonds. The van der Waals surface area contributed by atoms with Crippen LogP contribution in [-0.2, 0) is 44.9 Å². The molecule has 0 aliphatic carbocycles. The molecule has 4 aromatic rings. The zero-order valence-electron chi connectivity index (χ0n) is 18.9. The summed E-state index contributed by atoms with van der Waals surface area (Å²) in [7, 11) is 3.23. The fraction of sp³-hybridized carbons (Fsp3) is 0.292. The lowest BCUT2D eigenvalue weighted by molar-refractivity contribution is -0.133. The lowest BCUT2D eigenvalue weighted by atomic mass is 10.1. The van der Waals surface area contributed by atoms with E-state index in [4.69, 9.17) is 0 Å². The molecule has 9 heteroatoms. The maximum atomic E-state index is 13.4. The van der Waals surface area contributed by atoms with Crippen molar-refractivity contribution >= 4 is 17.1 Å². The van der Waals surface area contributed by atoms with Crippen LogP contribution >= 0.6 is 0 Å². The highest BCUT2D eigenvalue weighted by molar-refractivity contribution is 5.77. The number of pyridine rings is 1. The van der Waals surface area contributed by atoms with Gasteiger partial charge in [-0.25, -0.2) is 14.3 Å². The van der Waals surface area contributed by atoms with Gasteiger partial charge in [0.1, 0.15) is 6.54 Å². The molecule has 0 bridgehead atoms. The summed E-state index contributed by atoms with van der Waals surface area (Å²) in [6, 6.07) is 11.8. The molecule has 0 aliphatic rings. The van der Waals surface area contributed by atoms with Crippen molar-refractivity contribution in [2.75, 3.05) is 0 Å². The Labute approximate surface area is 190 Å². The van der Waals surface area contributed by atoms with Crippen molar-refractivity contribution in [3.8, 4) is 0 Å². The summed E-state index contributed by atoms with van der Waals surface area (Å²) in [6.45, 7) is 2.39. The number of aromatic nitrogens is 5. The molecule has 0 unspecified atom stereocenters. The number of hydrogen-bond acceptors (Lipinski definition) is 5. The zero-order valence-corrected chi connectivity index (χ0v) is 18.9. The van der Waals surface area contributed by atoms with E-state index in [2.05, 4.69) is 16.9 Å². The molecule has 0 aliphatic heterocycles. The highest BCUT2D eigenvalue weighted by atomic mass is 16.2. The van der Waals surface area contributed by atoms with Crippen molar-refractivity contribution in [3.63, 3.8) is 0 Å². The largest absolute Gasteiger partial charge is 0.332 e. The van der Waals surface area contributed by atoms with E-state index in [1.54, 1.807) is 36.0 Å². The highest BCUT2D eigenvalue weighted by Crippen LogP contribution is 2.12. The van der Waals surface area contributed by atoms with E-state index in [9.17, 15) is 14.4 Å². The van der Waals surface area contributed by atoms with Gasteiger partial charge in [-0.2, -0.15) is 0 Å². The Morgan fingerprint density at radius 3 is 2.36 bits per heavy atom. The predicted molar refractivity (Wildman–Crippen MR) is 125 cm³/mol. The van der Waals surface area contributed by atoms with E-state index < -0.39 is 11.2 Å². The quantitative estimate of drug-likeness (QED) is 0.430. The van der Waals surface area contributed by atoms with Crippen LogP contribution in [-0.4, -0.2) is 34.5 Å². The zero-order chi connectivity index (χ0) is 23.5. The van der Waals surface area contributed by atoms with Crippen molar-refractivity contribution in [2.45, 2.75) is 33.0 Å². The van der Waals surface area contributed by atoms with E-state index in [0.29, 0.717) is 18.7 Å². The number of benzene rings is 1. The molecule has 0 saturated carbocycles. The van der Waals surface area contributed by atoms with Crippen LogP contribution in [0.3, 0.4) is 0 Å². The molecule has 0 N–H and O–H groups in total. The first kappa shape index (κ1) is 22.2. The molecule has 4 rings (SSSR count). The standard InChI is InChI=1S/C24H26N6O3/c1-4-17-7-9-18(10-8-17)13-29(14-19-6-5-11-25-12-19)20(31)15-30-23(32)21-22(26-16-27(21)2)28(3)24(30)33/h5-12,16H,4,13-15H2,1-3H3. The van der Waals surface area contributed by atoms with E-state index >= 15 is 0 Å². The Morgan fingerprint density at radius 1 is 1.00 bits per heavy atom. The third-order valence-electron chi connectivity index (χ3n) is 5.75. The SMILES string of the molecule is CCc1ccc(CN(Cc2cccnc2)C(=O)Cn2c(=O)c3c(ncn3C)n(C)c2=O)cc1. The maximum Gasteiger partial charge on any atom is 0.332 e. The van der Waals surface area contributed by atoms with Crippen LogP contribution < -0.4 is 11.2 Å². The Balaban J connectivity index is 1.68. The normalized spacial score (nSPS) is 11.1. The Morgan fingerprint density at radius 2 is 1.70 bits per heavy atom. The molecule has 9 nitrogen and oxygen atoms in total. The third kappa shape index (κ3) is 4.48. The van der Waals surface area contributed by atoms with Crippen LogP contribution in [0.25, 0.3) is 11.2 Å². The van der Waals surface area contributed by atoms with Gasteiger partial charge in [0, 0.05) is 39.6 Å². The second-order valence-corrected chi connectivity index (χ2v) is 8.04. The summed E-state index contributed by atoms with van der Waals surface area (Å²) in [5, 5.41) is 0. The molecule has 0 fully saturated rings. The number of carbonyl (C=O) groups is 1. The second kappa shape index (κ2) is 9.23. The first-order valence-electron chi connectivity index (χ1n) is 10.7. The minimum atomic E-state index is -0.576. The molecule has 0 radical (unpaired) electrons. The lowest BCUT2D eigenvalue weighted by Gasteiger charge is -2.23. The fourth-order valence-electron chi connectivity index (χ4n) is 3.82. The van der Waals surface area contributed by atoms with Gasteiger partial charge in [-0.1, -0.05) is 37.3 Å². The van der Waals surface area contributed by atoms with Gasteiger partial charge in [-0.05, 0) is 29.2 Å². The molecule has 170 valence electrons. The summed E-state index contributed by atoms with van der Waals surface area (Å²) < 4.78 is 3.82. The number of fused-ring (bicyclic) bond motifs is 1. The Kier molecular flexibility index (Phi) is 6.21. The second-order valence-electron chi connectivity index (χ2n) is 8.04. The summed E-state index contributed by atoms with van der Waals surface area (Å²) in [4.78, 5) is 49.2. The number of hydrogen-bond donors (Lipinski definition) is 0. The summed E-state index contributed by atoms with van der Waals surface area (Å²) in [5.41, 5.74) is 2.50. The summed E-state index contributed by atoms with van der Waals surface area (Å²) in [6.07, 6.45) is 5.78. The first-order valence-corrected chi connectivity index (χ1v) is 10.7. The number of amides is 1. The Hall–Kier alpha value is -4.01. The molecule has 1 aromatic carbocycles. The van der Waals surface area contributed by atoms with E-state index in [-0.39, 0.29) is 18.0 Å². The van der Waals surface area contributed by atoms with Crippen molar-refractivity contribution in [1.29, 1.82) is 0 Å². The number of aryl methyl sites for hydroxylation is 3. The minimum absolute atomic E-state index is 0.277. The number of imidazole rings is 1. The fourth-order valence-corrected chi connectivity index (χ4v) is 3.82. The number of rotatable bonds is 7. The van der Waals surface area contributed by atoms with Crippen LogP contribution in [0.1, 0.15) is 23.6 Å². The van der Waals surface area contributed by atoms with Gasteiger partial charge in [0.05, 0.1) is 6.33 Å². The predicted octanol–water partition coefficient (Wildman–Crippen LogP) is 1.62. The number of carbonyl (C=O) groups excluding carboxylic acids is 1. The summed E-state index contributed by atoms with van der Waals surface area (Å²) >= 11 is 0. The smallest absolute Gasteiger partial charge is 0.332 e. The van der Waals surface area contributed by atoms with E-state index in [0.717, 1.165) is 22.1 Å². The summed E-state index contributed by atoms with van der Waals surface area (Å²) in [5.74, 6) is -0.334. The van der Waals surface area contributed by atoms with Gasteiger partial charge in [0.2, 0.25) is 5.91 Å². The first-order chi connectivity index (χ1) is 15.9. The number of nitrogens with zero attached hydrogens (tertiary/aromatic N) is 6. The van der Waals surface area contributed by atoms with Gasteiger partial charge >= 0.3 is 5.69 Å². The van der Waals surface area contributed by atoms with Crippen LogP contribution in [0.2, 0.25) is 0 Å². The average molecular weight is 447 g/mol. The maximum absolute atomic E-state index is 13.4. The molecular formula is C24H26N6O3. The molecule has 0 atom stereocenters. The lowest BCUT2D eigenvalue weighted by Crippen LogP contribution is -2.44. The van der Waals surface area contributed by atoms with Gasteiger partial charge in [-0.15, -0.1) is 0 Å². The average Bonchev–Trinajstić information content (AvgIpc) is 3.22. The van der Waals surface area contributed by atoms with E-state index in [1.807, 2.05) is 36.4 Å². The van der Waals surface area contributed by atoms with Crippen LogP contribution in [0, 0.1) is 0 Å². The molecule has 3 heterocycles. The molecular weight excluding hydrogens is 420 g/mol. The van der Waals surface area contributed by atoms with Crippen molar-refractivity contribution < 1.29 is 4.79 Å². The van der Waals surface area contributed by atoms with Crippen molar-refractivity contribution in [2.24, 2.45) is 14.1 Å².